The van der Waals surface area contributed by atoms with Crippen molar-refractivity contribution >= 4 is 11.8 Å². The number of amides is 2. The Morgan fingerprint density at radius 1 is 1.07 bits per heavy atom. The molecule has 240 valence electrons. The number of fused-ring (bicyclic) bond motifs is 1. The number of nitrogens with zero attached hydrogens (tertiary/aromatic N) is 3. The molecule has 0 saturated carbocycles. The van der Waals surface area contributed by atoms with E-state index in [4.69, 9.17) is 5.10 Å². The molecule has 0 bridgehead atoms. The fourth-order valence-corrected chi connectivity index (χ4v) is 6.76. The van der Waals surface area contributed by atoms with Gasteiger partial charge in [0.05, 0.1) is 29.3 Å². The summed E-state index contributed by atoms with van der Waals surface area (Å²) in [5, 5.41) is 24.6. The van der Waals surface area contributed by atoms with Crippen molar-refractivity contribution in [1.82, 2.24) is 30.6 Å². The third kappa shape index (κ3) is 6.61. The second-order valence-electron chi connectivity index (χ2n) is 12.2. The van der Waals surface area contributed by atoms with Crippen molar-refractivity contribution in [3.8, 4) is 11.3 Å². The van der Waals surface area contributed by atoms with Crippen LogP contribution in [-0.4, -0.2) is 70.4 Å². The van der Waals surface area contributed by atoms with Gasteiger partial charge in [0, 0.05) is 61.5 Å². The van der Waals surface area contributed by atoms with E-state index in [1.54, 1.807) is 4.68 Å². The van der Waals surface area contributed by atoms with Gasteiger partial charge in [-0.25, -0.2) is 4.39 Å². The highest BCUT2D eigenvalue weighted by atomic mass is 19.4. The highest BCUT2D eigenvalue weighted by Crippen LogP contribution is 2.38. The van der Waals surface area contributed by atoms with Crippen LogP contribution >= 0.6 is 0 Å². The summed E-state index contributed by atoms with van der Waals surface area (Å²) in [5.74, 6) is -1.01. The fraction of sp³-hybridized carbons (Fsp3) is 0.469. The molecule has 1 aromatic heterocycles. The van der Waals surface area contributed by atoms with Gasteiger partial charge in [-0.15, -0.1) is 0 Å². The highest BCUT2D eigenvalue weighted by Gasteiger charge is 2.44. The van der Waals surface area contributed by atoms with Crippen molar-refractivity contribution < 1.29 is 32.3 Å². The Morgan fingerprint density at radius 2 is 1.82 bits per heavy atom. The molecule has 1 atom stereocenters. The Kier molecular flexibility index (Phi) is 8.68. The quantitative estimate of drug-likeness (QED) is 0.285. The van der Waals surface area contributed by atoms with E-state index in [1.807, 2.05) is 0 Å². The summed E-state index contributed by atoms with van der Waals surface area (Å²) in [6.45, 7) is 3.62. The van der Waals surface area contributed by atoms with E-state index < -0.39 is 36.1 Å². The molecular formula is C32H36F4N6O3. The Labute approximate surface area is 258 Å². The van der Waals surface area contributed by atoms with Gasteiger partial charge in [-0.1, -0.05) is 6.07 Å². The van der Waals surface area contributed by atoms with Crippen molar-refractivity contribution in [2.45, 2.75) is 57.6 Å². The third-order valence-electron chi connectivity index (χ3n) is 9.27. The largest absolute Gasteiger partial charge is 0.416 e. The second-order valence-corrected chi connectivity index (χ2v) is 12.2. The number of alkyl halides is 3. The summed E-state index contributed by atoms with van der Waals surface area (Å²) < 4.78 is 56.9. The molecule has 4 heterocycles. The molecule has 3 aliphatic rings. The Balaban J connectivity index is 1.20. The maximum Gasteiger partial charge on any atom is 0.416 e. The van der Waals surface area contributed by atoms with Gasteiger partial charge >= 0.3 is 6.18 Å². The molecule has 3 aromatic rings. The van der Waals surface area contributed by atoms with Crippen LogP contribution in [0.2, 0.25) is 0 Å². The molecule has 2 aromatic carbocycles. The summed E-state index contributed by atoms with van der Waals surface area (Å²) >= 11 is 0. The first-order valence-corrected chi connectivity index (χ1v) is 15.2. The number of aliphatic hydroxyl groups is 1. The van der Waals surface area contributed by atoms with Crippen LogP contribution in [0.3, 0.4) is 0 Å². The van der Waals surface area contributed by atoms with Crippen LogP contribution in [0.1, 0.15) is 52.0 Å². The standard InChI is InChI=1S/C32H36F4N6O3/c33-23-4-1-20(2-5-23)29(44)39-16-22-15-21(3-6-26(22)32(34,35)36)28-25-17-37-11-7-27(25)42(40-28)19-24(43)18-41-13-9-31(10-14-41)8-12-38-30(31)45/h1-6,15,24,37,43H,7-14,16-19H2,(H,38,45)(H,39,44). The lowest BCUT2D eigenvalue weighted by Crippen LogP contribution is -2.46. The molecule has 13 heteroatoms. The van der Waals surface area contributed by atoms with Gasteiger partial charge in [0.25, 0.3) is 5.91 Å². The zero-order chi connectivity index (χ0) is 31.8. The van der Waals surface area contributed by atoms with Gasteiger partial charge in [0.15, 0.2) is 0 Å². The lowest BCUT2D eigenvalue weighted by molar-refractivity contribution is -0.138. The number of hydrogen-bond acceptors (Lipinski definition) is 6. The van der Waals surface area contributed by atoms with Gasteiger partial charge in [0.1, 0.15) is 5.82 Å². The predicted molar refractivity (Wildman–Crippen MR) is 157 cm³/mol. The van der Waals surface area contributed by atoms with Crippen LogP contribution in [0.4, 0.5) is 17.6 Å². The van der Waals surface area contributed by atoms with Crippen LogP contribution in [0.15, 0.2) is 42.5 Å². The van der Waals surface area contributed by atoms with E-state index in [2.05, 4.69) is 20.9 Å². The van der Waals surface area contributed by atoms with E-state index >= 15 is 0 Å². The van der Waals surface area contributed by atoms with Crippen molar-refractivity contribution in [2.24, 2.45) is 5.41 Å². The number of β-amino-alcohol motifs (C(OH)–C–C–N with tert-alkyl or cyclic N) is 1. The summed E-state index contributed by atoms with van der Waals surface area (Å²) in [5.41, 5.74) is 1.64. The van der Waals surface area contributed by atoms with Gasteiger partial charge in [-0.2, -0.15) is 18.3 Å². The number of carbonyl (C=O) groups is 2. The SMILES string of the molecule is O=C(NCc1cc(-c2nn(CC(O)CN3CCC4(CCNC4=O)CC3)c3c2CNCC3)ccc1C(F)(F)F)c1ccc(F)cc1. The van der Waals surface area contributed by atoms with Crippen molar-refractivity contribution in [3.05, 3.63) is 76.2 Å². The number of halogens is 4. The lowest BCUT2D eigenvalue weighted by atomic mass is 9.77. The molecule has 2 fully saturated rings. The zero-order valence-corrected chi connectivity index (χ0v) is 24.7. The average molecular weight is 629 g/mol. The zero-order valence-electron chi connectivity index (χ0n) is 24.7. The molecule has 1 unspecified atom stereocenters. The molecule has 2 amide bonds. The Hall–Kier alpha value is -3.81. The highest BCUT2D eigenvalue weighted by molar-refractivity contribution is 5.94. The van der Waals surface area contributed by atoms with E-state index in [-0.39, 0.29) is 29.0 Å². The van der Waals surface area contributed by atoms with Crippen LogP contribution in [-0.2, 0) is 37.0 Å². The van der Waals surface area contributed by atoms with Crippen LogP contribution < -0.4 is 16.0 Å². The van der Waals surface area contributed by atoms with E-state index in [1.165, 1.54) is 24.3 Å². The van der Waals surface area contributed by atoms with Gasteiger partial charge in [-0.3, -0.25) is 14.3 Å². The summed E-state index contributed by atoms with van der Waals surface area (Å²) in [6, 6.07) is 8.53. The van der Waals surface area contributed by atoms with Crippen LogP contribution in [0, 0.1) is 11.2 Å². The maximum absolute atomic E-state index is 14.0. The fourth-order valence-electron chi connectivity index (χ4n) is 6.76. The number of carbonyl (C=O) groups excluding carboxylic acids is 2. The number of piperidine rings is 1. The monoisotopic (exact) mass is 628 g/mol. The first-order valence-electron chi connectivity index (χ1n) is 15.2. The summed E-state index contributed by atoms with van der Waals surface area (Å²) in [4.78, 5) is 27.1. The summed E-state index contributed by atoms with van der Waals surface area (Å²) in [7, 11) is 0. The van der Waals surface area contributed by atoms with Gasteiger partial charge < -0.3 is 26.0 Å². The number of rotatable bonds is 8. The van der Waals surface area contributed by atoms with E-state index in [0.717, 1.165) is 61.8 Å². The Morgan fingerprint density at radius 3 is 2.51 bits per heavy atom. The third-order valence-corrected chi connectivity index (χ3v) is 9.27. The number of hydrogen-bond donors (Lipinski definition) is 4. The van der Waals surface area contributed by atoms with Gasteiger partial charge in [0.2, 0.25) is 5.91 Å². The number of likely N-dealkylation sites (tertiary alicyclic amines) is 1. The van der Waals surface area contributed by atoms with Crippen LogP contribution in [0.25, 0.3) is 11.3 Å². The molecule has 2 saturated heterocycles. The van der Waals surface area contributed by atoms with Gasteiger partial charge in [-0.05, 0) is 74.3 Å². The second kappa shape index (κ2) is 12.5. The van der Waals surface area contributed by atoms with Crippen molar-refractivity contribution in [2.75, 3.05) is 32.7 Å². The molecule has 3 aliphatic heterocycles. The molecular weight excluding hydrogens is 592 g/mol. The maximum atomic E-state index is 14.0. The molecule has 6 rings (SSSR count). The topological polar surface area (TPSA) is 112 Å². The average Bonchev–Trinajstić information content (AvgIpc) is 3.56. The number of aromatic nitrogens is 2. The molecule has 4 N–H and O–H groups in total. The number of nitrogens with one attached hydrogen (secondary N) is 3. The summed E-state index contributed by atoms with van der Waals surface area (Å²) in [6.07, 6.45) is -2.34. The van der Waals surface area contributed by atoms with E-state index in [9.17, 15) is 32.3 Å². The minimum atomic E-state index is -4.64. The van der Waals surface area contributed by atoms with Crippen molar-refractivity contribution in [3.63, 3.8) is 0 Å². The van der Waals surface area contributed by atoms with Crippen LogP contribution in [0.5, 0.6) is 0 Å². The number of aliphatic hydroxyl groups excluding tert-OH is 1. The number of benzene rings is 2. The molecule has 9 nitrogen and oxygen atoms in total. The normalized spacial score (nSPS) is 18.9. The minimum absolute atomic E-state index is 0.124. The van der Waals surface area contributed by atoms with Crippen molar-refractivity contribution in [1.29, 1.82) is 0 Å². The molecule has 0 aliphatic carbocycles. The van der Waals surface area contributed by atoms with E-state index in [0.29, 0.717) is 43.9 Å². The lowest BCUT2D eigenvalue weighted by Gasteiger charge is -2.38. The smallest absolute Gasteiger partial charge is 0.390 e. The first kappa shape index (κ1) is 31.2. The molecule has 1 spiro atoms. The molecule has 45 heavy (non-hydrogen) atoms. The minimum Gasteiger partial charge on any atom is -0.390 e. The predicted octanol–water partition coefficient (Wildman–Crippen LogP) is 3.25. The molecule has 0 radical (unpaired) electrons. The first-order chi connectivity index (χ1) is 21.5. The Bertz CT molecular complexity index is 1560.